The third-order valence-corrected chi connectivity index (χ3v) is 5.70. The standard InChI is InChI=1S/C23H35N5O4/c1-15(2)21-26-23(32-27-21)28-11-9-18(10-12-28)6-5-13-31-20-8-7-19(17(4)25-20)22(30)24-14-16(3)29/h7-8,15-16,18,29H,5-6,9-14H2,1-4H3,(H,24,30)/t16-/m0/s1. The molecule has 1 aliphatic heterocycles. The number of carbonyl (C=O) groups is 1. The van der Waals surface area contributed by atoms with Crippen LogP contribution in [0.2, 0.25) is 0 Å². The van der Waals surface area contributed by atoms with Gasteiger partial charge in [-0.05, 0) is 51.5 Å². The topological polar surface area (TPSA) is 114 Å². The van der Waals surface area contributed by atoms with Gasteiger partial charge in [0, 0.05) is 31.6 Å². The first-order valence-electron chi connectivity index (χ1n) is 11.5. The van der Waals surface area contributed by atoms with Crippen LogP contribution in [0.4, 0.5) is 6.01 Å². The van der Waals surface area contributed by atoms with Crippen molar-refractivity contribution in [2.45, 2.75) is 65.4 Å². The van der Waals surface area contributed by atoms with E-state index in [1.54, 1.807) is 26.0 Å². The highest BCUT2D eigenvalue weighted by atomic mass is 16.5. The molecule has 9 heteroatoms. The lowest BCUT2D eigenvalue weighted by Gasteiger charge is -2.30. The molecule has 2 aromatic heterocycles. The van der Waals surface area contributed by atoms with E-state index in [1.807, 2.05) is 0 Å². The molecule has 1 saturated heterocycles. The minimum atomic E-state index is -0.585. The fourth-order valence-corrected chi connectivity index (χ4v) is 3.75. The van der Waals surface area contributed by atoms with Gasteiger partial charge in [-0.2, -0.15) is 4.98 Å². The molecular formula is C23H35N5O4. The Balaban J connectivity index is 1.36. The molecule has 9 nitrogen and oxygen atoms in total. The molecular weight excluding hydrogens is 410 g/mol. The predicted molar refractivity (Wildman–Crippen MR) is 121 cm³/mol. The number of pyridine rings is 1. The van der Waals surface area contributed by atoms with E-state index in [2.05, 4.69) is 39.2 Å². The van der Waals surface area contributed by atoms with Gasteiger partial charge in [0.2, 0.25) is 5.88 Å². The van der Waals surface area contributed by atoms with Crippen molar-refractivity contribution in [1.82, 2.24) is 20.4 Å². The van der Waals surface area contributed by atoms with Crippen molar-refractivity contribution < 1.29 is 19.2 Å². The lowest BCUT2D eigenvalue weighted by Crippen LogP contribution is -2.34. The lowest BCUT2D eigenvalue weighted by atomic mass is 9.92. The summed E-state index contributed by atoms with van der Waals surface area (Å²) in [5.74, 6) is 1.98. The average Bonchev–Trinajstić information content (AvgIpc) is 3.26. The maximum Gasteiger partial charge on any atom is 0.324 e. The molecule has 0 saturated carbocycles. The predicted octanol–water partition coefficient (Wildman–Crippen LogP) is 3.08. The first kappa shape index (κ1) is 24.0. The lowest BCUT2D eigenvalue weighted by molar-refractivity contribution is 0.0923. The van der Waals surface area contributed by atoms with Gasteiger partial charge in [0.05, 0.1) is 24.0 Å². The molecule has 0 bridgehead atoms. The molecule has 32 heavy (non-hydrogen) atoms. The number of amides is 1. The number of rotatable bonds is 10. The summed E-state index contributed by atoms with van der Waals surface area (Å²) < 4.78 is 11.2. The van der Waals surface area contributed by atoms with E-state index in [9.17, 15) is 9.90 Å². The van der Waals surface area contributed by atoms with Gasteiger partial charge in [-0.15, -0.1) is 0 Å². The molecule has 176 valence electrons. The molecule has 0 aromatic carbocycles. The van der Waals surface area contributed by atoms with Gasteiger partial charge in [0.15, 0.2) is 5.82 Å². The molecule has 0 unspecified atom stereocenters. The quantitative estimate of drug-likeness (QED) is 0.537. The second-order valence-corrected chi connectivity index (χ2v) is 8.85. The van der Waals surface area contributed by atoms with E-state index in [4.69, 9.17) is 9.26 Å². The van der Waals surface area contributed by atoms with Crippen LogP contribution in [0.25, 0.3) is 0 Å². The van der Waals surface area contributed by atoms with Crippen molar-refractivity contribution in [2.24, 2.45) is 5.92 Å². The average molecular weight is 446 g/mol. The maximum atomic E-state index is 12.1. The van der Waals surface area contributed by atoms with Crippen molar-refractivity contribution in [1.29, 1.82) is 0 Å². The molecule has 0 radical (unpaired) electrons. The summed E-state index contributed by atoms with van der Waals surface area (Å²) in [5.41, 5.74) is 1.10. The summed E-state index contributed by atoms with van der Waals surface area (Å²) in [7, 11) is 0. The molecule has 0 spiro atoms. The van der Waals surface area contributed by atoms with Gasteiger partial charge in [0.25, 0.3) is 5.91 Å². The summed E-state index contributed by atoms with van der Waals surface area (Å²) in [6, 6.07) is 4.07. The normalized spacial score (nSPS) is 15.8. The first-order valence-corrected chi connectivity index (χ1v) is 11.5. The Kier molecular flexibility index (Phi) is 8.44. The fourth-order valence-electron chi connectivity index (χ4n) is 3.75. The van der Waals surface area contributed by atoms with Gasteiger partial charge < -0.3 is 24.6 Å². The van der Waals surface area contributed by atoms with Crippen LogP contribution in [0.15, 0.2) is 16.7 Å². The molecule has 1 amide bonds. The Morgan fingerprint density at radius 2 is 2.03 bits per heavy atom. The number of nitrogens with zero attached hydrogens (tertiary/aromatic N) is 4. The van der Waals surface area contributed by atoms with E-state index >= 15 is 0 Å². The molecule has 1 aliphatic rings. The number of aromatic nitrogens is 3. The molecule has 2 aromatic rings. The van der Waals surface area contributed by atoms with E-state index in [1.165, 1.54) is 0 Å². The number of piperidine rings is 1. The Bertz CT molecular complexity index is 875. The molecule has 0 aliphatic carbocycles. The molecule has 1 fully saturated rings. The van der Waals surface area contributed by atoms with Crippen LogP contribution in [0.3, 0.4) is 0 Å². The minimum absolute atomic E-state index is 0.212. The summed E-state index contributed by atoms with van der Waals surface area (Å²) in [6.07, 6.45) is 3.69. The zero-order chi connectivity index (χ0) is 23.1. The van der Waals surface area contributed by atoms with E-state index in [0.29, 0.717) is 35.7 Å². The van der Waals surface area contributed by atoms with E-state index < -0.39 is 6.10 Å². The van der Waals surface area contributed by atoms with Crippen molar-refractivity contribution in [3.8, 4) is 5.88 Å². The summed E-state index contributed by atoms with van der Waals surface area (Å²) in [6.45, 7) is 10.2. The zero-order valence-corrected chi connectivity index (χ0v) is 19.5. The maximum absolute atomic E-state index is 12.1. The number of hydrogen-bond donors (Lipinski definition) is 2. The van der Waals surface area contributed by atoms with Crippen molar-refractivity contribution in [3.05, 3.63) is 29.2 Å². The van der Waals surface area contributed by atoms with Crippen LogP contribution < -0.4 is 15.0 Å². The largest absolute Gasteiger partial charge is 0.478 e. The van der Waals surface area contributed by atoms with Gasteiger partial charge in [-0.1, -0.05) is 19.0 Å². The first-order chi connectivity index (χ1) is 15.3. The van der Waals surface area contributed by atoms with Crippen LogP contribution in [0.5, 0.6) is 5.88 Å². The zero-order valence-electron chi connectivity index (χ0n) is 19.5. The number of hydrogen-bond acceptors (Lipinski definition) is 8. The minimum Gasteiger partial charge on any atom is -0.478 e. The number of anilines is 1. The van der Waals surface area contributed by atoms with Gasteiger partial charge in [0.1, 0.15) is 0 Å². The molecule has 3 heterocycles. The monoisotopic (exact) mass is 445 g/mol. The Morgan fingerprint density at radius 3 is 2.66 bits per heavy atom. The van der Waals surface area contributed by atoms with Crippen LogP contribution >= 0.6 is 0 Å². The second-order valence-electron chi connectivity index (χ2n) is 8.85. The molecule has 3 rings (SSSR count). The van der Waals surface area contributed by atoms with Crippen LogP contribution in [-0.2, 0) is 0 Å². The SMILES string of the molecule is Cc1nc(OCCCC2CCN(c3nc(C(C)C)no3)CC2)ccc1C(=O)NC[C@H](C)O. The van der Waals surface area contributed by atoms with Gasteiger partial charge in [-0.25, -0.2) is 4.98 Å². The number of aryl methyl sites for hydroxylation is 1. The highest BCUT2D eigenvalue weighted by Gasteiger charge is 2.23. The number of ether oxygens (including phenoxy) is 1. The number of nitrogens with one attached hydrogen (secondary N) is 1. The summed E-state index contributed by atoms with van der Waals surface area (Å²) in [4.78, 5) is 23.2. The van der Waals surface area contributed by atoms with Crippen molar-refractivity contribution in [3.63, 3.8) is 0 Å². The van der Waals surface area contributed by atoms with E-state index in [0.717, 1.165) is 44.6 Å². The summed E-state index contributed by atoms with van der Waals surface area (Å²) >= 11 is 0. The fraction of sp³-hybridized carbons (Fsp3) is 0.652. The third-order valence-electron chi connectivity index (χ3n) is 5.70. The second kappa shape index (κ2) is 11.3. The smallest absolute Gasteiger partial charge is 0.324 e. The Labute approximate surface area is 189 Å². The van der Waals surface area contributed by atoms with Crippen LogP contribution in [-0.4, -0.2) is 58.5 Å². The highest BCUT2D eigenvalue weighted by Crippen LogP contribution is 2.26. The number of aliphatic hydroxyl groups is 1. The summed E-state index contributed by atoms with van der Waals surface area (Å²) in [5, 5.41) is 16.0. The highest BCUT2D eigenvalue weighted by molar-refractivity contribution is 5.95. The third kappa shape index (κ3) is 6.66. The van der Waals surface area contributed by atoms with Crippen molar-refractivity contribution >= 4 is 11.9 Å². The molecule has 2 N–H and O–H groups in total. The van der Waals surface area contributed by atoms with Crippen LogP contribution in [0.1, 0.15) is 74.2 Å². The number of carbonyl (C=O) groups excluding carboxylic acids is 1. The Hall–Kier alpha value is -2.68. The van der Waals surface area contributed by atoms with Crippen LogP contribution in [0, 0.1) is 12.8 Å². The van der Waals surface area contributed by atoms with E-state index in [-0.39, 0.29) is 18.4 Å². The van der Waals surface area contributed by atoms with Gasteiger partial charge >= 0.3 is 6.01 Å². The number of aliphatic hydroxyl groups excluding tert-OH is 1. The molecule has 1 atom stereocenters. The van der Waals surface area contributed by atoms with Crippen molar-refractivity contribution in [2.75, 3.05) is 31.1 Å². The van der Waals surface area contributed by atoms with Gasteiger partial charge in [-0.3, -0.25) is 4.79 Å². The Morgan fingerprint density at radius 1 is 1.28 bits per heavy atom.